The predicted octanol–water partition coefficient (Wildman–Crippen LogP) is 2.49. The molecule has 5 heteroatoms. The molecular weight excluding hydrogens is 268 g/mol. The van der Waals surface area contributed by atoms with Crippen LogP contribution in [0.5, 0.6) is 0 Å². The maximum Gasteiger partial charge on any atom is 0.312 e. The van der Waals surface area contributed by atoms with E-state index >= 15 is 0 Å². The number of hydrogen-bond donors (Lipinski definition) is 2. The molecule has 21 heavy (non-hydrogen) atoms. The molecule has 0 saturated heterocycles. The van der Waals surface area contributed by atoms with Gasteiger partial charge in [-0.1, -0.05) is 12.1 Å². The van der Waals surface area contributed by atoms with Crippen LogP contribution in [0.4, 0.5) is 5.69 Å². The Morgan fingerprint density at radius 1 is 1.33 bits per heavy atom. The van der Waals surface area contributed by atoms with Gasteiger partial charge in [-0.25, -0.2) is 0 Å². The molecule has 1 unspecified atom stereocenters. The smallest absolute Gasteiger partial charge is 0.312 e. The number of methoxy groups -OCH3 is 1. The van der Waals surface area contributed by atoms with Gasteiger partial charge in [-0.15, -0.1) is 0 Å². The zero-order chi connectivity index (χ0) is 16.0. The van der Waals surface area contributed by atoms with Gasteiger partial charge in [0.25, 0.3) is 0 Å². The SMILES string of the molecule is COC(=O)C(C)(C)CNC(C)c1cccc(NC(C)=O)c1. The first-order valence-corrected chi connectivity index (χ1v) is 6.95. The summed E-state index contributed by atoms with van der Waals surface area (Å²) in [6, 6.07) is 7.70. The van der Waals surface area contributed by atoms with Crippen LogP contribution in [0.15, 0.2) is 24.3 Å². The molecule has 0 bridgehead atoms. The van der Waals surface area contributed by atoms with Gasteiger partial charge >= 0.3 is 5.97 Å². The van der Waals surface area contributed by atoms with E-state index < -0.39 is 5.41 Å². The van der Waals surface area contributed by atoms with Crippen molar-refractivity contribution in [3.05, 3.63) is 29.8 Å². The molecule has 0 fully saturated rings. The van der Waals surface area contributed by atoms with Crippen LogP contribution >= 0.6 is 0 Å². The Labute approximate surface area is 126 Å². The maximum atomic E-state index is 11.6. The average Bonchev–Trinajstić information content (AvgIpc) is 2.43. The molecule has 1 atom stereocenters. The molecule has 0 aliphatic rings. The Morgan fingerprint density at radius 2 is 2.00 bits per heavy atom. The zero-order valence-corrected chi connectivity index (χ0v) is 13.3. The van der Waals surface area contributed by atoms with E-state index in [1.165, 1.54) is 14.0 Å². The quantitative estimate of drug-likeness (QED) is 0.791. The summed E-state index contributed by atoms with van der Waals surface area (Å²) in [4.78, 5) is 22.7. The molecule has 0 saturated carbocycles. The topological polar surface area (TPSA) is 67.4 Å². The second-order valence-corrected chi connectivity index (χ2v) is 5.78. The molecule has 2 N–H and O–H groups in total. The molecule has 1 aromatic carbocycles. The molecule has 0 aliphatic carbocycles. The summed E-state index contributed by atoms with van der Waals surface area (Å²) in [5.41, 5.74) is 1.22. The fraction of sp³-hybridized carbons (Fsp3) is 0.500. The Balaban J connectivity index is 2.69. The number of rotatable bonds is 6. The van der Waals surface area contributed by atoms with Crippen LogP contribution in [0.25, 0.3) is 0 Å². The molecule has 0 heterocycles. The summed E-state index contributed by atoms with van der Waals surface area (Å²) < 4.78 is 4.79. The molecule has 1 amide bonds. The van der Waals surface area contributed by atoms with Crippen molar-refractivity contribution in [2.24, 2.45) is 5.41 Å². The Kier molecular flexibility index (Phi) is 5.90. The van der Waals surface area contributed by atoms with Crippen molar-refractivity contribution in [1.82, 2.24) is 5.32 Å². The third kappa shape index (κ3) is 5.19. The van der Waals surface area contributed by atoms with Crippen molar-refractivity contribution in [2.45, 2.75) is 33.7 Å². The van der Waals surface area contributed by atoms with Crippen molar-refractivity contribution < 1.29 is 14.3 Å². The Morgan fingerprint density at radius 3 is 2.57 bits per heavy atom. The lowest BCUT2D eigenvalue weighted by molar-refractivity contribution is -0.150. The number of carbonyl (C=O) groups excluding carboxylic acids is 2. The fourth-order valence-electron chi connectivity index (χ4n) is 1.96. The number of esters is 1. The van der Waals surface area contributed by atoms with Crippen molar-refractivity contribution >= 4 is 17.6 Å². The summed E-state index contributed by atoms with van der Waals surface area (Å²) in [6.07, 6.45) is 0. The van der Waals surface area contributed by atoms with E-state index in [1.807, 2.05) is 45.0 Å². The number of anilines is 1. The highest BCUT2D eigenvalue weighted by molar-refractivity contribution is 5.88. The van der Waals surface area contributed by atoms with Crippen molar-refractivity contribution in [3.63, 3.8) is 0 Å². The molecule has 0 spiro atoms. The van der Waals surface area contributed by atoms with E-state index in [-0.39, 0.29) is 17.9 Å². The minimum atomic E-state index is -0.585. The van der Waals surface area contributed by atoms with E-state index in [0.717, 1.165) is 11.3 Å². The zero-order valence-electron chi connectivity index (χ0n) is 13.3. The van der Waals surface area contributed by atoms with Crippen LogP contribution in [0.2, 0.25) is 0 Å². The summed E-state index contributed by atoms with van der Waals surface area (Å²) in [6.45, 7) is 7.68. The average molecular weight is 292 g/mol. The van der Waals surface area contributed by atoms with Crippen molar-refractivity contribution in [1.29, 1.82) is 0 Å². The third-order valence-electron chi connectivity index (χ3n) is 3.30. The molecule has 1 aromatic rings. The Bertz CT molecular complexity index is 512. The van der Waals surface area contributed by atoms with Crippen molar-refractivity contribution in [2.75, 3.05) is 19.0 Å². The van der Waals surface area contributed by atoms with E-state index in [2.05, 4.69) is 10.6 Å². The van der Waals surface area contributed by atoms with Crippen LogP contribution < -0.4 is 10.6 Å². The third-order valence-corrected chi connectivity index (χ3v) is 3.30. The molecule has 0 radical (unpaired) electrons. The van der Waals surface area contributed by atoms with E-state index in [0.29, 0.717) is 6.54 Å². The number of ether oxygens (including phenoxy) is 1. The number of amides is 1. The maximum absolute atomic E-state index is 11.6. The minimum absolute atomic E-state index is 0.0580. The van der Waals surface area contributed by atoms with Crippen LogP contribution in [-0.4, -0.2) is 25.5 Å². The van der Waals surface area contributed by atoms with Crippen LogP contribution in [0, 0.1) is 5.41 Å². The Hall–Kier alpha value is -1.88. The first kappa shape index (κ1) is 17.2. The van der Waals surface area contributed by atoms with E-state index in [1.54, 1.807) is 0 Å². The lowest BCUT2D eigenvalue weighted by atomic mass is 9.93. The molecule has 0 aliphatic heterocycles. The van der Waals surface area contributed by atoms with E-state index in [9.17, 15) is 9.59 Å². The second kappa shape index (κ2) is 7.22. The van der Waals surface area contributed by atoms with E-state index in [4.69, 9.17) is 4.74 Å². The standard InChI is InChI=1S/C16H24N2O3/c1-11(17-10-16(3,4)15(20)21-5)13-7-6-8-14(9-13)18-12(2)19/h6-9,11,17H,10H2,1-5H3,(H,18,19). The second-order valence-electron chi connectivity index (χ2n) is 5.78. The monoisotopic (exact) mass is 292 g/mol. The number of nitrogens with one attached hydrogen (secondary N) is 2. The predicted molar refractivity (Wildman–Crippen MR) is 83.0 cm³/mol. The molecule has 116 valence electrons. The van der Waals surface area contributed by atoms with Gasteiger partial charge < -0.3 is 15.4 Å². The molecule has 0 aromatic heterocycles. The van der Waals surface area contributed by atoms with Crippen LogP contribution in [0.1, 0.15) is 39.3 Å². The highest BCUT2D eigenvalue weighted by atomic mass is 16.5. The number of carbonyl (C=O) groups is 2. The van der Waals surface area contributed by atoms with Gasteiger partial charge in [0.1, 0.15) is 0 Å². The minimum Gasteiger partial charge on any atom is -0.469 e. The molecule has 1 rings (SSSR count). The summed E-state index contributed by atoms with van der Waals surface area (Å²) in [5.74, 6) is -0.339. The van der Waals surface area contributed by atoms with Gasteiger partial charge in [-0.2, -0.15) is 0 Å². The normalized spacial score (nSPS) is 12.6. The van der Waals surface area contributed by atoms with Crippen molar-refractivity contribution in [3.8, 4) is 0 Å². The molecule has 5 nitrogen and oxygen atoms in total. The van der Waals surface area contributed by atoms with Crippen LogP contribution in [-0.2, 0) is 14.3 Å². The summed E-state index contributed by atoms with van der Waals surface area (Å²) >= 11 is 0. The van der Waals surface area contributed by atoms with Gasteiger partial charge in [-0.3, -0.25) is 9.59 Å². The molecular formula is C16H24N2O3. The van der Waals surface area contributed by atoms with Gasteiger partial charge in [0.05, 0.1) is 12.5 Å². The lowest BCUT2D eigenvalue weighted by Crippen LogP contribution is -2.38. The lowest BCUT2D eigenvalue weighted by Gasteiger charge is -2.25. The largest absolute Gasteiger partial charge is 0.469 e. The van der Waals surface area contributed by atoms with Gasteiger partial charge in [0, 0.05) is 25.2 Å². The van der Waals surface area contributed by atoms with Gasteiger partial charge in [0.2, 0.25) is 5.91 Å². The summed E-state index contributed by atoms with van der Waals surface area (Å²) in [7, 11) is 1.39. The van der Waals surface area contributed by atoms with Gasteiger partial charge in [0.15, 0.2) is 0 Å². The summed E-state index contributed by atoms with van der Waals surface area (Å²) in [5, 5.41) is 6.08. The first-order valence-electron chi connectivity index (χ1n) is 6.95. The van der Waals surface area contributed by atoms with Crippen LogP contribution in [0.3, 0.4) is 0 Å². The first-order chi connectivity index (χ1) is 9.76. The highest BCUT2D eigenvalue weighted by Gasteiger charge is 2.28. The number of hydrogen-bond acceptors (Lipinski definition) is 4. The van der Waals surface area contributed by atoms with Gasteiger partial charge in [-0.05, 0) is 38.5 Å². The number of benzene rings is 1. The highest BCUT2D eigenvalue weighted by Crippen LogP contribution is 2.21. The fourth-order valence-corrected chi connectivity index (χ4v) is 1.96.